The van der Waals surface area contributed by atoms with Gasteiger partial charge in [0, 0.05) is 11.3 Å². The average molecular weight is 437 g/mol. The van der Waals surface area contributed by atoms with Crippen molar-refractivity contribution in [1.82, 2.24) is 5.32 Å². The first-order valence-electron chi connectivity index (χ1n) is 7.40. The number of carbonyl (C=O) groups is 2. The van der Waals surface area contributed by atoms with Crippen LogP contribution in [0.5, 0.6) is 0 Å². The van der Waals surface area contributed by atoms with E-state index in [9.17, 15) is 31.2 Å². The van der Waals surface area contributed by atoms with Crippen LogP contribution in [0.4, 0.5) is 18.9 Å². The third kappa shape index (κ3) is 5.36. The summed E-state index contributed by atoms with van der Waals surface area (Å²) >= 11 is 5.47. The molecule has 0 aromatic heterocycles. The summed E-state index contributed by atoms with van der Waals surface area (Å²) in [5.41, 5.74) is -1.24. The highest BCUT2D eigenvalue weighted by molar-refractivity contribution is 7.92. The Morgan fingerprint density at radius 2 is 1.68 bits per heavy atom. The third-order valence-electron chi connectivity index (χ3n) is 3.35. The zero-order valence-corrected chi connectivity index (χ0v) is 15.3. The number of aliphatic carboxylic acids is 1. The minimum Gasteiger partial charge on any atom is -0.480 e. The van der Waals surface area contributed by atoms with Crippen LogP contribution in [-0.2, 0) is 21.0 Å². The van der Waals surface area contributed by atoms with E-state index in [0.717, 1.165) is 12.1 Å². The Bertz CT molecular complexity index is 1010. The molecule has 0 aliphatic heterocycles. The smallest absolute Gasteiger partial charge is 0.417 e. The molecule has 0 heterocycles. The minimum atomic E-state index is -4.83. The van der Waals surface area contributed by atoms with Crippen molar-refractivity contribution in [3.63, 3.8) is 0 Å². The van der Waals surface area contributed by atoms with Gasteiger partial charge in [0.25, 0.3) is 15.9 Å². The second-order valence-electron chi connectivity index (χ2n) is 5.40. The lowest BCUT2D eigenvalue weighted by atomic mass is 10.2. The number of hydrogen-bond acceptors (Lipinski definition) is 4. The van der Waals surface area contributed by atoms with Gasteiger partial charge in [0.05, 0.1) is 15.5 Å². The van der Waals surface area contributed by atoms with E-state index in [2.05, 4.69) is 10.0 Å². The molecule has 28 heavy (non-hydrogen) atoms. The van der Waals surface area contributed by atoms with Gasteiger partial charge < -0.3 is 10.4 Å². The van der Waals surface area contributed by atoms with Crippen LogP contribution in [0.25, 0.3) is 0 Å². The van der Waals surface area contributed by atoms with Gasteiger partial charge in [-0.1, -0.05) is 11.6 Å². The fourth-order valence-electron chi connectivity index (χ4n) is 2.05. The molecule has 1 amide bonds. The van der Waals surface area contributed by atoms with E-state index in [0.29, 0.717) is 6.07 Å². The predicted octanol–water partition coefficient (Wildman–Crippen LogP) is 2.97. The fourth-order valence-corrected chi connectivity index (χ4v) is 3.36. The van der Waals surface area contributed by atoms with Crippen molar-refractivity contribution >= 4 is 39.2 Å². The molecule has 0 radical (unpaired) electrons. The SMILES string of the molecule is O=C(O)CNC(=O)c1ccc(NS(=O)(=O)c2ccc(Cl)c(C(F)(F)F)c2)cc1. The summed E-state index contributed by atoms with van der Waals surface area (Å²) in [5.74, 6) is -1.93. The third-order valence-corrected chi connectivity index (χ3v) is 5.06. The first-order chi connectivity index (χ1) is 12.9. The summed E-state index contributed by atoms with van der Waals surface area (Å²) in [5, 5.41) is 9.99. The zero-order valence-electron chi connectivity index (χ0n) is 13.7. The van der Waals surface area contributed by atoms with Crippen LogP contribution in [-0.4, -0.2) is 31.9 Å². The Kier molecular flexibility index (Phi) is 6.20. The van der Waals surface area contributed by atoms with Gasteiger partial charge in [-0.15, -0.1) is 0 Å². The second kappa shape index (κ2) is 8.07. The second-order valence-corrected chi connectivity index (χ2v) is 7.49. The van der Waals surface area contributed by atoms with E-state index in [1.807, 2.05) is 0 Å². The van der Waals surface area contributed by atoms with Crippen LogP contribution in [0.1, 0.15) is 15.9 Å². The molecule has 0 aliphatic rings. The maximum atomic E-state index is 12.9. The van der Waals surface area contributed by atoms with E-state index in [1.165, 1.54) is 24.3 Å². The number of carbonyl (C=O) groups excluding carboxylic acids is 1. The van der Waals surface area contributed by atoms with Gasteiger partial charge in [-0.05, 0) is 42.5 Å². The Labute approximate surface area is 162 Å². The topological polar surface area (TPSA) is 113 Å². The number of halogens is 4. The van der Waals surface area contributed by atoms with Crippen molar-refractivity contribution in [2.45, 2.75) is 11.1 Å². The molecule has 12 heteroatoms. The normalized spacial score (nSPS) is 11.7. The summed E-state index contributed by atoms with van der Waals surface area (Å²) in [6, 6.07) is 7.01. The van der Waals surface area contributed by atoms with Crippen molar-refractivity contribution in [1.29, 1.82) is 0 Å². The van der Waals surface area contributed by atoms with Gasteiger partial charge in [-0.2, -0.15) is 13.2 Å². The molecule has 7 nitrogen and oxygen atoms in total. The fraction of sp³-hybridized carbons (Fsp3) is 0.125. The number of nitrogens with one attached hydrogen (secondary N) is 2. The van der Waals surface area contributed by atoms with Crippen molar-refractivity contribution in [2.75, 3.05) is 11.3 Å². The molecule has 0 fully saturated rings. The minimum absolute atomic E-state index is 0.0155. The van der Waals surface area contributed by atoms with Crippen LogP contribution in [0.3, 0.4) is 0 Å². The Morgan fingerprint density at radius 3 is 2.21 bits per heavy atom. The number of sulfonamides is 1. The summed E-state index contributed by atoms with van der Waals surface area (Å²) in [7, 11) is -4.35. The maximum absolute atomic E-state index is 12.9. The average Bonchev–Trinajstić information content (AvgIpc) is 2.59. The maximum Gasteiger partial charge on any atom is 0.417 e. The Morgan fingerprint density at radius 1 is 1.07 bits per heavy atom. The highest BCUT2D eigenvalue weighted by Gasteiger charge is 2.34. The molecule has 0 saturated heterocycles. The summed E-state index contributed by atoms with van der Waals surface area (Å²) in [4.78, 5) is 21.5. The number of amides is 1. The Hall–Kier alpha value is -2.79. The molecule has 150 valence electrons. The van der Waals surface area contributed by atoms with Gasteiger partial charge >= 0.3 is 12.1 Å². The van der Waals surface area contributed by atoms with E-state index in [1.54, 1.807) is 0 Å². The van der Waals surface area contributed by atoms with Crippen molar-refractivity contribution in [2.24, 2.45) is 0 Å². The lowest BCUT2D eigenvalue weighted by Crippen LogP contribution is -2.29. The van der Waals surface area contributed by atoms with Crippen LogP contribution in [0.15, 0.2) is 47.4 Å². The molecule has 0 unspecified atom stereocenters. The lowest BCUT2D eigenvalue weighted by Gasteiger charge is -2.13. The van der Waals surface area contributed by atoms with Gasteiger partial charge in [-0.3, -0.25) is 14.3 Å². The summed E-state index contributed by atoms with van der Waals surface area (Å²) < 4.78 is 65.4. The molecule has 0 saturated carbocycles. The van der Waals surface area contributed by atoms with E-state index in [-0.39, 0.29) is 11.3 Å². The van der Waals surface area contributed by atoms with E-state index in [4.69, 9.17) is 16.7 Å². The van der Waals surface area contributed by atoms with Crippen molar-refractivity contribution in [3.8, 4) is 0 Å². The molecule has 0 bridgehead atoms. The molecule has 0 atom stereocenters. The number of anilines is 1. The van der Waals surface area contributed by atoms with Crippen molar-refractivity contribution in [3.05, 3.63) is 58.6 Å². The number of benzene rings is 2. The zero-order chi connectivity index (χ0) is 21.1. The number of carboxylic acids is 1. The lowest BCUT2D eigenvalue weighted by molar-refractivity contribution is -0.138. The highest BCUT2D eigenvalue weighted by atomic mass is 35.5. The number of rotatable bonds is 6. The van der Waals surface area contributed by atoms with E-state index < -0.39 is 50.1 Å². The first kappa shape index (κ1) is 21.5. The largest absolute Gasteiger partial charge is 0.480 e. The number of alkyl halides is 3. The monoisotopic (exact) mass is 436 g/mol. The molecule has 0 aliphatic carbocycles. The number of carboxylic acid groups (broad SMARTS) is 1. The summed E-state index contributed by atoms with van der Waals surface area (Å²) in [6.07, 6.45) is -4.83. The van der Waals surface area contributed by atoms with Crippen molar-refractivity contribution < 1.29 is 36.3 Å². The molecule has 2 aromatic rings. The van der Waals surface area contributed by atoms with E-state index >= 15 is 0 Å². The standard InChI is InChI=1S/C16H12ClF3N2O5S/c17-13-6-5-11(7-12(13)16(18,19)20)28(26,27)22-10-3-1-9(2-4-10)15(25)21-8-14(23)24/h1-7,22H,8H2,(H,21,25)(H,23,24). The molecular formula is C16H12ClF3N2O5S. The molecule has 2 aromatic carbocycles. The quantitative estimate of drug-likeness (QED) is 0.644. The van der Waals surface area contributed by atoms with Gasteiger partial charge in [-0.25, -0.2) is 8.42 Å². The van der Waals surface area contributed by atoms with Crippen LogP contribution >= 0.6 is 11.6 Å². The predicted molar refractivity (Wildman–Crippen MR) is 93.7 cm³/mol. The molecule has 0 spiro atoms. The highest BCUT2D eigenvalue weighted by Crippen LogP contribution is 2.36. The molecular weight excluding hydrogens is 425 g/mol. The Balaban J connectivity index is 2.21. The van der Waals surface area contributed by atoms with Gasteiger partial charge in [0.15, 0.2) is 0 Å². The van der Waals surface area contributed by atoms with Crippen LogP contribution < -0.4 is 10.0 Å². The van der Waals surface area contributed by atoms with Crippen LogP contribution in [0, 0.1) is 0 Å². The molecule has 2 rings (SSSR count). The molecule has 3 N–H and O–H groups in total. The summed E-state index contributed by atoms with van der Waals surface area (Å²) in [6.45, 7) is -0.592. The van der Waals surface area contributed by atoms with Gasteiger partial charge in [0.2, 0.25) is 0 Å². The number of hydrogen-bond donors (Lipinski definition) is 3. The van der Waals surface area contributed by atoms with Crippen LogP contribution in [0.2, 0.25) is 5.02 Å². The first-order valence-corrected chi connectivity index (χ1v) is 9.26. The van der Waals surface area contributed by atoms with Gasteiger partial charge in [0.1, 0.15) is 6.54 Å².